The van der Waals surface area contributed by atoms with Crippen molar-refractivity contribution in [3.05, 3.63) is 11.1 Å². The molecule has 0 radical (unpaired) electrons. The van der Waals surface area contributed by atoms with E-state index in [1.54, 1.807) is 0 Å². The van der Waals surface area contributed by atoms with Gasteiger partial charge >= 0.3 is 0 Å². The molecule has 48 valence electrons. The van der Waals surface area contributed by atoms with Gasteiger partial charge in [-0.3, -0.25) is 0 Å². The van der Waals surface area contributed by atoms with Crippen LogP contribution in [0.1, 0.15) is 32.6 Å². The number of nitrogens with zero attached hydrogens (tertiary/aromatic N) is 1. The first-order valence-corrected chi connectivity index (χ1v) is 3.43. The third-order valence-corrected chi connectivity index (χ3v) is 1.88. The lowest BCUT2D eigenvalue weighted by molar-refractivity contribution is 0.685. The van der Waals surface area contributed by atoms with E-state index in [2.05, 4.69) is 13.0 Å². The first kappa shape index (κ1) is 6.35. The Hall–Kier alpha value is -0.770. The number of hydrogen-bond acceptors (Lipinski definition) is 1. The molecule has 1 aliphatic rings. The largest absolute Gasteiger partial charge is 0.193 e. The molecule has 0 amide bonds. The maximum atomic E-state index is 8.55. The lowest BCUT2D eigenvalue weighted by Crippen LogP contribution is -1.94. The second-order valence-corrected chi connectivity index (χ2v) is 2.58. The molecule has 0 bridgehead atoms. The first-order chi connectivity index (χ1) is 4.34. The fraction of sp³-hybridized carbons (Fsp3) is 0.625. The Labute approximate surface area is 56.0 Å². The van der Waals surface area contributed by atoms with Gasteiger partial charge in [-0.2, -0.15) is 5.26 Å². The summed E-state index contributed by atoms with van der Waals surface area (Å²) in [4.78, 5) is 0. The highest BCUT2D eigenvalue weighted by molar-refractivity contribution is 5.27. The van der Waals surface area contributed by atoms with Crippen molar-refractivity contribution in [3.8, 4) is 6.07 Å². The Kier molecular flexibility index (Phi) is 1.89. The molecule has 0 aromatic carbocycles. The van der Waals surface area contributed by atoms with Crippen molar-refractivity contribution in [1.82, 2.24) is 0 Å². The number of allylic oxidation sites excluding steroid dienone is 2. The summed E-state index contributed by atoms with van der Waals surface area (Å²) in [6.45, 7) is 2.07. The molecule has 0 aromatic rings. The molecule has 1 nitrogen and oxygen atoms in total. The Morgan fingerprint density at radius 3 is 2.44 bits per heavy atom. The molecule has 1 rings (SSSR count). The third-order valence-electron chi connectivity index (χ3n) is 1.88. The highest BCUT2D eigenvalue weighted by Crippen LogP contribution is 2.22. The number of nitriles is 1. The first-order valence-electron chi connectivity index (χ1n) is 3.43. The van der Waals surface area contributed by atoms with E-state index in [-0.39, 0.29) is 0 Å². The summed E-state index contributed by atoms with van der Waals surface area (Å²) < 4.78 is 0. The van der Waals surface area contributed by atoms with Crippen molar-refractivity contribution in [2.45, 2.75) is 32.6 Å². The van der Waals surface area contributed by atoms with Gasteiger partial charge in [-0.1, -0.05) is 5.57 Å². The van der Waals surface area contributed by atoms with Gasteiger partial charge in [0.15, 0.2) is 0 Å². The van der Waals surface area contributed by atoms with Crippen LogP contribution in [0.2, 0.25) is 0 Å². The van der Waals surface area contributed by atoms with Gasteiger partial charge in [0.25, 0.3) is 0 Å². The molecule has 0 aliphatic heterocycles. The minimum absolute atomic E-state index is 1.02. The summed E-state index contributed by atoms with van der Waals surface area (Å²) >= 11 is 0. The number of rotatable bonds is 0. The SMILES string of the molecule is CC1=C(C#N)CCCC1. The summed E-state index contributed by atoms with van der Waals surface area (Å²) in [7, 11) is 0. The molecule has 0 spiro atoms. The lowest BCUT2D eigenvalue weighted by atomic mass is 9.94. The summed E-state index contributed by atoms with van der Waals surface area (Å²) in [6, 6.07) is 2.23. The van der Waals surface area contributed by atoms with Crippen molar-refractivity contribution in [1.29, 1.82) is 5.26 Å². The molecular weight excluding hydrogens is 110 g/mol. The molecule has 0 unspecified atom stereocenters. The van der Waals surface area contributed by atoms with Crippen LogP contribution in [0.25, 0.3) is 0 Å². The monoisotopic (exact) mass is 121 g/mol. The van der Waals surface area contributed by atoms with Gasteiger partial charge in [0.05, 0.1) is 6.07 Å². The van der Waals surface area contributed by atoms with E-state index < -0.39 is 0 Å². The van der Waals surface area contributed by atoms with Gasteiger partial charge in [0, 0.05) is 5.57 Å². The van der Waals surface area contributed by atoms with Crippen LogP contribution < -0.4 is 0 Å². The fourth-order valence-electron chi connectivity index (χ4n) is 1.21. The maximum absolute atomic E-state index is 8.55. The Morgan fingerprint density at radius 1 is 1.33 bits per heavy atom. The minimum atomic E-state index is 1.02. The Morgan fingerprint density at radius 2 is 2.00 bits per heavy atom. The van der Waals surface area contributed by atoms with Gasteiger partial charge in [-0.25, -0.2) is 0 Å². The molecule has 9 heavy (non-hydrogen) atoms. The van der Waals surface area contributed by atoms with Gasteiger partial charge in [-0.05, 0) is 32.6 Å². The predicted molar refractivity (Wildman–Crippen MR) is 36.8 cm³/mol. The fourth-order valence-corrected chi connectivity index (χ4v) is 1.21. The van der Waals surface area contributed by atoms with Crippen LogP contribution in [0, 0.1) is 11.3 Å². The van der Waals surface area contributed by atoms with Crippen LogP contribution in [0.3, 0.4) is 0 Å². The minimum Gasteiger partial charge on any atom is -0.193 e. The molecule has 0 N–H and O–H groups in total. The van der Waals surface area contributed by atoms with Crippen LogP contribution >= 0.6 is 0 Å². The summed E-state index contributed by atoms with van der Waals surface area (Å²) in [5.74, 6) is 0. The van der Waals surface area contributed by atoms with Crippen molar-refractivity contribution in [3.63, 3.8) is 0 Å². The van der Waals surface area contributed by atoms with Gasteiger partial charge in [-0.15, -0.1) is 0 Å². The highest BCUT2D eigenvalue weighted by atomic mass is 14.3. The van der Waals surface area contributed by atoms with Crippen molar-refractivity contribution >= 4 is 0 Å². The Balaban J connectivity index is 2.74. The second-order valence-electron chi connectivity index (χ2n) is 2.58. The van der Waals surface area contributed by atoms with Crippen LogP contribution in [-0.2, 0) is 0 Å². The van der Waals surface area contributed by atoms with E-state index >= 15 is 0 Å². The molecule has 0 atom stereocenters. The van der Waals surface area contributed by atoms with Crippen LogP contribution in [0.15, 0.2) is 11.1 Å². The molecule has 0 fully saturated rings. The molecular formula is C8H11N. The molecule has 0 aromatic heterocycles. The van der Waals surface area contributed by atoms with E-state index in [9.17, 15) is 0 Å². The standard InChI is InChI=1S/C8H11N/c1-7-4-2-3-5-8(7)6-9/h2-5H2,1H3. The lowest BCUT2D eigenvalue weighted by Gasteiger charge is -2.10. The summed E-state index contributed by atoms with van der Waals surface area (Å²) in [5.41, 5.74) is 2.34. The van der Waals surface area contributed by atoms with Crippen molar-refractivity contribution in [2.75, 3.05) is 0 Å². The molecule has 1 heteroatoms. The maximum Gasteiger partial charge on any atom is 0.0946 e. The van der Waals surface area contributed by atoms with E-state index in [0.29, 0.717) is 0 Å². The second kappa shape index (κ2) is 2.68. The Bertz CT molecular complexity index is 171. The predicted octanol–water partition coefficient (Wildman–Crippen LogP) is 2.40. The third kappa shape index (κ3) is 1.32. The van der Waals surface area contributed by atoms with E-state index in [0.717, 1.165) is 18.4 Å². The van der Waals surface area contributed by atoms with Gasteiger partial charge in [0.2, 0.25) is 0 Å². The van der Waals surface area contributed by atoms with E-state index in [1.807, 2.05) is 0 Å². The van der Waals surface area contributed by atoms with Crippen LogP contribution in [-0.4, -0.2) is 0 Å². The van der Waals surface area contributed by atoms with Crippen LogP contribution in [0.5, 0.6) is 0 Å². The molecule has 1 aliphatic carbocycles. The molecule has 0 heterocycles. The zero-order chi connectivity index (χ0) is 6.69. The van der Waals surface area contributed by atoms with Crippen LogP contribution in [0.4, 0.5) is 0 Å². The average Bonchev–Trinajstić information content (AvgIpc) is 1.89. The summed E-state index contributed by atoms with van der Waals surface area (Å²) in [5, 5.41) is 8.55. The smallest absolute Gasteiger partial charge is 0.0946 e. The van der Waals surface area contributed by atoms with Crippen molar-refractivity contribution in [2.24, 2.45) is 0 Å². The quantitative estimate of drug-likeness (QED) is 0.482. The van der Waals surface area contributed by atoms with E-state index in [1.165, 1.54) is 18.4 Å². The normalized spacial score (nSPS) is 19.6. The zero-order valence-electron chi connectivity index (χ0n) is 5.78. The summed E-state index contributed by atoms with van der Waals surface area (Å²) in [6.07, 6.45) is 4.64. The van der Waals surface area contributed by atoms with Gasteiger partial charge < -0.3 is 0 Å². The molecule has 0 saturated carbocycles. The van der Waals surface area contributed by atoms with Crippen molar-refractivity contribution < 1.29 is 0 Å². The zero-order valence-corrected chi connectivity index (χ0v) is 5.78. The average molecular weight is 121 g/mol. The molecule has 0 saturated heterocycles. The topological polar surface area (TPSA) is 23.8 Å². The van der Waals surface area contributed by atoms with Gasteiger partial charge in [0.1, 0.15) is 0 Å². The number of hydrogen-bond donors (Lipinski definition) is 0. The van der Waals surface area contributed by atoms with E-state index in [4.69, 9.17) is 5.26 Å². The highest BCUT2D eigenvalue weighted by Gasteiger charge is 2.06.